The summed E-state index contributed by atoms with van der Waals surface area (Å²) >= 11 is 14.1. The van der Waals surface area contributed by atoms with E-state index in [9.17, 15) is 18.3 Å². The van der Waals surface area contributed by atoms with Gasteiger partial charge in [-0.15, -0.1) is 0 Å². The number of thioether (sulfide) groups is 1. The van der Waals surface area contributed by atoms with E-state index in [0.29, 0.717) is 11.6 Å². The normalized spacial score (nSPS) is 15.2. The Kier molecular flexibility index (Phi) is 6.69. The minimum absolute atomic E-state index is 0.168. The Morgan fingerprint density at radius 2 is 2.06 bits per heavy atom. The van der Waals surface area contributed by atoms with Gasteiger partial charge in [-0.25, -0.2) is 4.79 Å². The van der Waals surface area contributed by atoms with Crippen LogP contribution in [0, 0.1) is 0 Å². The number of carboxylic acid groups (broad SMARTS) is 1. The zero-order chi connectivity index (χ0) is 22.3. The molecule has 164 valence electrons. The van der Waals surface area contributed by atoms with Gasteiger partial charge >= 0.3 is 5.97 Å². The van der Waals surface area contributed by atoms with E-state index in [-0.39, 0.29) is 18.7 Å². The quantitative estimate of drug-likeness (QED) is 0.301. The molecular formula is C18H15BrClN2O5S4+. The molecule has 31 heavy (non-hydrogen) atoms. The number of rotatable bonds is 7. The van der Waals surface area contributed by atoms with Crippen LogP contribution in [0.3, 0.4) is 0 Å². The van der Waals surface area contributed by atoms with Gasteiger partial charge in [0.25, 0.3) is 20.0 Å². The number of benzene rings is 1. The van der Waals surface area contributed by atoms with Crippen molar-refractivity contribution in [2.24, 2.45) is 0 Å². The Morgan fingerprint density at radius 1 is 1.29 bits per heavy atom. The number of halogens is 2. The van der Waals surface area contributed by atoms with Crippen LogP contribution >= 0.6 is 62.0 Å². The fourth-order valence-corrected chi connectivity index (χ4v) is 8.07. The first kappa shape index (κ1) is 23.0. The first-order chi connectivity index (χ1) is 14.6. The first-order valence-corrected chi connectivity index (χ1v) is 14.1. The van der Waals surface area contributed by atoms with Gasteiger partial charge in [-0.2, -0.15) is 13.0 Å². The van der Waals surface area contributed by atoms with Crippen LogP contribution < -0.4 is 9.47 Å². The third kappa shape index (κ3) is 5.27. The molecule has 1 aliphatic heterocycles. The maximum Gasteiger partial charge on any atom is 0.370 e. The predicted molar refractivity (Wildman–Crippen MR) is 129 cm³/mol. The fraction of sp³-hybridized carbons (Fsp3) is 0.222. The monoisotopic (exact) mass is 581 g/mol. The number of hydrogen-bond donors (Lipinski definition) is 2. The van der Waals surface area contributed by atoms with E-state index in [1.807, 2.05) is 29.2 Å². The Bertz CT molecular complexity index is 1320. The molecule has 0 bridgehead atoms. The minimum atomic E-state index is -4.06. The molecule has 2 aromatic heterocycles. The molecule has 2 N–H and O–H groups in total. The number of nitrogens with zero attached hydrogens (tertiary/aromatic N) is 2. The Labute approximate surface area is 203 Å². The zero-order valence-electron chi connectivity index (χ0n) is 15.6. The third-order valence-corrected chi connectivity index (χ3v) is 9.41. The standard InChI is InChI=1S/C18H14BrClN2O5S4/c19-14-7-13-18(30-14)22(9-17(23)24)16(29-13)8-15-21(4-1-5-31(25,26)27)11-6-10(20)2-3-12(11)28-15/h2-3,6-8H,1,4-5,9H2,(H-,23,24,25,26,27)/p+1. The molecule has 13 heteroatoms. The average molecular weight is 583 g/mol. The van der Waals surface area contributed by atoms with Crippen molar-refractivity contribution in [1.82, 2.24) is 0 Å². The van der Waals surface area contributed by atoms with E-state index in [1.54, 1.807) is 10.6 Å². The number of carbonyl (C=O) groups is 1. The minimum Gasteiger partial charge on any atom is -0.477 e. The van der Waals surface area contributed by atoms with E-state index < -0.39 is 16.1 Å². The maximum absolute atomic E-state index is 11.5. The highest BCUT2D eigenvalue weighted by molar-refractivity contribution is 9.11. The van der Waals surface area contributed by atoms with Crippen molar-refractivity contribution in [1.29, 1.82) is 0 Å². The summed E-state index contributed by atoms with van der Waals surface area (Å²) in [5, 5.41) is 11.6. The molecule has 0 spiro atoms. The average Bonchev–Trinajstić information content (AvgIpc) is 3.27. The predicted octanol–water partition coefficient (Wildman–Crippen LogP) is 4.94. The Morgan fingerprint density at radius 3 is 2.77 bits per heavy atom. The molecule has 0 unspecified atom stereocenters. The molecule has 1 aliphatic rings. The topological polar surface area (TPSA) is 98.8 Å². The molecule has 0 fully saturated rings. The summed E-state index contributed by atoms with van der Waals surface area (Å²) in [4.78, 5) is 15.3. The van der Waals surface area contributed by atoms with E-state index in [0.717, 1.165) is 33.9 Å². The van der Waals surface area contributed by atoms with Gasteiger partial charge < -0.3 is 10.0 Å². The second-order valence-electron chi connectivity index (χ2n) is 6.63. The number of aromatic nitrogens is 1. The number of carboxylic acids is 1. The van der Waals surface area contributed by atoms with Gasteiger partial charge in [0.2, 0.25) is 6.54 Å². The van der Waals surface area contributed by atoms with Gasteiger partial charge in [0, 0.05) is 16.5 Å². The van der Waals surface area contributed by atoms with Crippen molar-refractivity contribution >= 4 is 99.3 Å². The summed E-state index contributed by atoms with van der Waals surface area (Å²) in [6.07, 6.45) is 2.14. The first-order valence-electron chi connectivity index (χ1n) is 8.86. The molecule has 0 amide bonds. The lowest BCUT2D eigenvalue weighted by molar-refractivity contribution is -0.655. The van der Waals surface area contributed by atoms with Gasteiger partial charge in [-0.05, 0) is 46.6 Å². The fourth-order valence-electron chi connectivity index (χ4n) is 3.18. The van der Waals surface area contributed by atoms with Gasteiger partial charge in [0.15, 0.2) is 0 Å². The van der Waals surface area contributed by atoms with E-state index in [4.69, 9.17) is 16.2 Å². The molecule has 0 aliphatic carbocycles. The van der Waals surface area contributed by atoms with Crippen molar-refractivity contribution in [3.05, 3.63) is 43.1 Å². The van der Waals surface area contributed by atoms with Gasteiger partial charge in [0.1, 0.15) is 4.70 Å². The van der Waals surface area contributed by atoms with Gasteiger partial charge in [0.05, 0.1) is 26.3 Å². The van der Waals surface area contributed by atoms with Crippen molar-refractivity contribution in [3.8, 4) is 0 Å². The van der Waals surface area contributed by atoms with Crippen LogP contribution in [0.2, 0.25) is 5.02 Å². The van der Waals surface area contributed by atoms with Crippen molar-refractivity contribution in [2.75, 3.05) is 17.2 Å². The van der Waals surface area contributed by atoms with E-state index in [2.05, 4.69) is 15.9 Å². The van der Waals surface area contributed by atoms with Crippen LogP contribution in [0.4, 0.5) is 5.69 Å². The lowest BCUT2D eigenvalue weighted by atomic mass is 10.2. The smallest absolute Gasteiger partial charge is 0.370 e. The largest absolute Gasteiger partial charge is 0.477 e. The summed E-state index contributed by atoms with van der Waals surface area (Å²) < 4.78 is 35.1. The molecule has 0 radical (unpaired) electrons. The van der Waals surface area contributed by atoms with Crippen LogP contribution in [0.25, 0.3) is 15.6 Å². The third-order valence-electron chi connectivity index (χ3n) is 4.39. The van der Waals surface area contributed by atoms with Crippen LogP contribution in [0.1, 0.15) is 11.4 Å². The van der Waals surface area contributed by atoms with Crippen LogP contribution in [0.15, 0.2) is 38.0 Å². The second-order valence-corrected chi connectivity index (χ2v) is 13.2. The molecule has 0 atom stereocenters. The SMILES string of the molecule is O=C(O)C[n+]1c(C=C2Sc3ccc(Cl)cc3N2CCCS(=O)(=O)O)sc2cc(Br)sc21. The molecule has 4 rings (SSSR count). The zero-order valence-corrected chi connectivity index (χ0v) is 21.2. The summed E-state index contributed by atoms with van der Waals surface area (Å²) in [5.74, 6) is -1.29. The highest BCUT2D eigenvalue weighted by Gasteiger charge is 2.30. The number of fused-ring (bicyclic) bond motifs is 2. The van der Waals surface area contributed by atoms with Crippen molar-refractivity contribution in [3.63, 3.8) is 0 Å². The number of anilines is 1. The highest BCUT2D eigenvalue weighted by Crippen LogP contribution is 2.48. The lowest BCUT2D eigenvalue weighted by Gasteiger charge is -2.20. The van der Waals surface area contributed by atoms with Crippen LogP contribution in [0.5, 0.6) is 0 Å². The summed E-state index contributed by atoms with van der Waals surface area (Å²) in [7, 11) is -4.06. The highest BCUT2D eigenvalue weighted by atomic mass is 79.9. The van der Waals surface area contributed by atoms with Crippen molar-refractivity contribution < 1.29 is 27.4 Å². The molecule has 1 aromatic carbocycles. The maximum atomic E-state index is 11.5. The molecule has 0 saturated heterocycles. The lowest BCUT2D eigenvalue weighted by Crippen LogP contribution is -2.38. The van der Waals surface area contributed by atoms with Crippen LogP contribution in [-0.4, -0.2) is 36.3 Å². The Hall–Kier alpha value is -1.15. The molecule has 0 saturated carbocycles. The number of thiophene rings is 1. The molecule has 7 nitrogen and oxygen atoms in total. The van der Waals surface area contributed by atoms with Crippen molar-refractivity contribution in [2.45, 2.75) is 17.9 Å². The molecule has 3 heterocycles. The number of hydrogen-bond acceptors (Lipinski definition) is 7. The number of thiazole rings is 1. The summed E-state index contributed by atoms with van der Waals surface area (Å²) in [5.41, 5.74) is 0.852. The van der Waals surface area contributed by atoms with Gasteiger partial charge in [-0.1, -0.05) is 46.0 Å². The molecule has 3 aromatic rings. The second kappa shape index (κ2) is 9.00. The number of aliphatic carboxylic acids is 1. The molecular weight excluding hydrogens is 568 g/mol. The Balaban J connectivity index is 1.74. The van der Waals surface area contributed by atoms with E-state index >= 15 is 0 Å². The van der Waals surface area contributed by atoms with Crippen LogP contribution in [-0.2, 0) is 21.5 Å². The summed E-state index contributed by atoms with van der Waals surface area (Å²) in [6.45, 7) is 0.189. The van der Waals surface area contributed by atoms with E-state index in [1.165, 1.54) is 34.4 Å². The summed E-state index contributed by atoms with van der Waals surface area (Å²) in [6, 6.07) is 7.46. The van der Waals surface area contributed by atoms with Gasteiger partial charge in [-0.3, -0.25) is 4.55 Å².